The van der Waals surface area contributed by atoms with E-state index in [0.717, 1.165) is 16.8 Å². The summed E-state index contributed by atoms with van der Waals surface area (Å²) in [7, 11) is 0. The Bertz CT molecular complexity index is 1050. The predicted octanol–water partition coefficient (Wildman–Crippen LogP) is 6.00. The van der Waals surface area contributed by atoms with Gasteiger partial charge in [0.2, 0.25) is 15.9 Å². The monoisotopic (exact) mass is 528 g/mol. The Hall–Kier alpha value is -1.77. The molecule has 5 nitrogen and oxygen atoms in total. The second kappa shape index (κ2) is 10.4. The molecule has 1 saturated heterocycles. The Morgan fingerprint density at radius 1 is 1.19 bits per heavy atom. The fourth-order valence-electron chi connectivity index (χ4n) is 2.74. The number of carbonyl (C=O) groups is 2. The third-order valence-electron chi connectivity index (χ3n) is 4.43. The summed E-state index contributed by atoms with van der Waals surface area (Å²) >= 11 is 24.4. The van der Waals surface area contributed by atoms with Crippen LogP contribution in [0.15, 0.2) is 53.4 Å². The van der Waals surface area contributed by atoms with Crippen LogP contribution in [0.3, 0.4) is 0 Å². The normalized spacial score (nSPS) is 16.4. The lowest BCUT2D eigenvalue weighted by molar-refractivity contribution is -0.123. The van der Waals surface area contributed by atoms with Gasteiger partial charge in [-0.05, 0) is 42.8 Å². The van der Waals surface area contributed by atoms with Crippen molar-refractivity contribution >= 4 is 86.7 Å². The van der Waals surface area contributed by atoms with Crippen molar-refractivity contribution in [3.8, 4) is 5.75 Å². The van der Waals surface area contributed by atoms with Crippen molar-refractivity contribution in [1.82, 2.24) is 5.32 Å². The van der Waals surface area contributed by atoms with E-state index in [2.05, 4.69) is 5.32 Å². The molecular weight excluding hydrogens is 511 g/mol. The molecule has 0 aliphatic carbocycles. The number of carbonyl (C=O) groups excluding carboxylic acids is 2. The number of anilines is 1. The largest absolute Gasteiger partial charge is 0.466 e. The fraction of sp³-hybridized carbons (Fsp3) is 0.227. The predicted molar refractivity (Wildman–Crippen MR) is 136 cm³/mol. The quantitative estimate of drug-likeness (QED) is 0.215. The van der Waals surface area contributed by atoms with Crippen LogP contribution in [-0.4, -0.2) is 26.2 Å². The third kappa shape index (κ3) is 6.17. The van der Waals surface area contributed by atoms with Crippen molar-refractivity contribution in [1.29, 1.82) is 0 Å². The van der Waals surface area contributed by atoms with E-state index in [0.29, 0.717) is 15.0 Å². The summed E-state index contributed by atoms with van der Waals surface area (Å²) in [6, 6.07) is 14.4. The number of aryl methyl sites for hydroxylation is 1. The number of alkyl halides is 3. The molecule has 1 heterocycles. The Morgan fingerprint density at radius 2 is 1.81 bits per heavy atom. The summed E-state index contributed by atoms with van der Waals surface area (Å²) < 4.78 is 4.27. The number of thioether (sulfide) groups is 1. The van der Waals surface area contributed by atoms with Gasteiger partial charge < -0.3 is 10.1 Å². The average molecular weight is 530 g/mol. The summed E-state index contributed by atoms with van der Waals surface area (Å²) in [5.41, 5.74) is 2.60. The van der Waals surface area contributed by atoms with Crippen LogP contribution in [0.1, 0.15) is 24.5 Å². The van der Waals surface area contributed by atoms with Gasteiger partial charge in [-0.15, -0.1) is 0 Å². The smallest absolute Gasteiger partial charge is 0.270 e. The van der Waals surface area contributed by atoms with Crippen LogP contribution in [-0.2, 0) is 9.59 Å². The summed E-state index contributed by atoms with van der Waals surface area (Å²) in [4.78, 5) is 26.6. The first-order chi connectivity index (χ1) is 15.1. The molecule has 10 heteroatoms. The zero-order chi connectivity index (χ0) is 23.5. The highest BCUT2D eigenvalue weighted by Gasteiger charge is 2.36. The molecule has 1 aliphatic rings. The van der Waals surface area contributed by atoms with Crippen molar-refractivity contribution in [3.63, 3.8) is 0 Å². The molecule has 1 fully saturated rings. The highest BCUT2D eigenvalue weighted by atomic mass is 35.6. The Balaban J connectivity index is 1.74. The number of hydrogen-bond donors (Lipinski definition) is 1. The summed E-state index contributed by atoms with van der Waals surface area (Å²) in [5, 5.41) is 2.53. The van der Waals surface area contributed by atoms with E-state index >= 15 is 0 Å². The van der Waals surface area contributed by atoms with Gasteiger partial charge in [0, 0.05) is 6.42 Å². The van der Waals surface area contributed by atoms with Crippen LogP contribution >= 0.6 is 58.8 Å². The second-order valence-corrected chi connectivity index (χ2v) is 10.9. The zero-order valence-electron chi connectivity index (χ0n) is 17.1. The molecule has 2 amide bonds. The highest BCUT2D eigenvalue weighted by molar-refractivity contribution is 8.27. The minimum absolute atomic E-state index is 0.178. The maximum atomic E-state index is 12.9. The van der Waals surface area contributed by atoms with E-state index in [-0.39, 0.29) is 18.2 Å². The van der Waals surface area contributed by atoms with E-state index in [4.69, 9.17) is 51.8 Å². The van der Waals surface area contributed by atoms with E-state index in [9.17, 15) is 9.59 Å². The van der Waals surface area contributed by atoms with E-state index < -0.39 is 10.0 Å². The van der Waals surface area contributed by atoms with Crippen LogP contribution in [0.5, 0.6) is 5.75 Å². The molecule has 0 saturated carbocycles. The van der Waals surface area contributed by atoms with Gasteiger partial charge in [-0.3, -0.25) is 14.5 Å². The summed E-state index contributed by atoms with van der Waals surface area (Å²) in [5.74, 6) is -0.0987. The van der Waals surface area contributed by atoms with Gasteiger partial charge in [-0.2, -0.15) is 0 Å². The van der Waals surface area contributed by atoms with Crippen LogP contribution in [0, 0.1) is 6.92 Å². The molecule has 0 radical (unpaired) electrons. The minimum atomic E-state index is -1.85. The lowest BCUT2D eigenvalue weighted by Crippen LogP contribution is -2.47. The summed E-state index contributed by atoms with van der Waals surface area (Å²) in [6.45, 7) is 3.66. The number of rotatable bonds is 6. The maximum absolute atomic E-state index is 12.9. The van der Waals surface area contributed by atoms with Crippen LogP contribution < -0.4 is 15.0 Å². The van der Waals surface area contributed by atoms with E-state index in [1.54, 1.807) is 37.3 Å². The Labute approximate surface area is 211 Å². The standard InChI is InChI=1S/C22H19Cl3N2O3S2/c1-3-18(28)26-20(22(23,24)25)30-16-10-6-14(7-11-16)12-17-19(29)27(21(31)32-17)15-8-4-13(2)5-9-15/h4-12,20H,3H2,1-2H3,(H,26,28). The van der Waals surface area contributed by atoms with Crippen molar-refractivity contribution in [2.75, 3.05) is 4.90 Å². The van der Waals surface area contributed by atoms with E-state index in [1.165, 1.54) is 16.7 Å². The van der Waals surface area contributed by atoms with Gasteiger partial charge in [-0.1, -0.05) is 95.5 Å². The number of nitrogens with zero attached hydrogens (tertiary/aromatic N) is 1. The topological polar surface area (TPSA) is 58.6 Å². The molecule has 168 valence electrons. The first-order valence-corrected chi connectivity index (χ1v) is 11.9. The summed E-state index contributed by atoms with van der Waals surface area (Å²) in [6.07, 6.45) is 0.819. The number of ether oxygens (including phenoxy) is 1. The van der Waals surface area contributed by atoms with Crippen LogP contribution in [0.4, 0.5) is 5.69 Å². The lowest BCUT2D eigenvalue weighted by Gasteiger charge is -2.26. The SMILES string of the molecule is CCC(=O)NC(Oc1ccc(C=C2SC(=S)N(c3ccc(C)cc3)C2=O)cc1)C(Cl)(Cl)Cl. The first kappa shape index (κ1) is 24.9. The zero-order valence-corrected chi connectivity index (χ0v) is 21.0. The number of thiocarbonyl (C=S) groups is 1. The van der Waals surface area contributed by atoms with Crippen LogP contribution in [0.2, 0.25) is 0 Å². The van der Waals surface area contributed by atoms with Crippen molar-refractivity contribution in [2.24, 2.45) is 0 Å². The van der Waals surface area contributed by atoms with Gasteiger partial charge in [-0.25, -0.2) is 0 Å². The first-order valence-electron chi connectivity index (χ1n) is 9.56. The average Bonchev–Trinajstić information content (AvgIpc) is 3.01. The maximum Gasteiger partial charge on any atom is 0.270 e. The Morgan fingerprint density at radius 3 is 2.38 bits per heavy atom. The molecule has 1 unspecified atom stereocenters. The lowest BCUT2D eigenvalue weighted by atomic mass is 10.2. The fourth-order valence-corrected chi connectivity index (χ4v) is 4.34. The minimum Gasteiger partial charge on any atom is -0.466 e. The second-order valence-electron chi connectivity index (χ2n) is 6.88. The molecule has 32 heavy (non-hydrogen) atoms. The molecule has 1 atom stereocenters. The van der Waals surface area contributed by atoms with Crippen molar-refractivity contribution in [3.05, 3.63) is 64.6 Å². The molecule has 1 aliphatic heterocycles. The van der Waals surface area contributed by atoms with Gasteiger partial charge in [0.05, 0.1) is 10.6 Å². The molecular formula is C22H19Cl3N2O3S2. The highest BCUT2D eigenvalue weighted by Crippen LogP contribution is 2.36. The number of halogens is 3. The number of benzene rings is 2. The van der Waals surface area contributed by atoms with E-state index in [1.807, 2.05) is 31.2 Å². The van der Waals surface area contributed by atoms with Gasteiger partial charge in [0.15, 0.2) is 4.32 Å². The molecule has 2 aromatic carbocycles. The number of nitrogens with one attached hydrogen (secondary N) is 1. The molecule has 1 N–H and O–H groups in total. The van der Waals surface area contributed by atoms with Crippen molar-refractivity contribution in [2.45, 2.75) is 30.3 Å². The molecule has 2 aromatic rings. The van der Waals surface area contributed by atoms with Gasteiger partial charge in [0.25, 0.3) is 5.91 Å². The molecule has 0 aromatic heterocycles. The molecule has 3 rings (SSSR count). The van der Waals surface area contributed by atoms with Gasteiger partial charge >= 0.3 is 0 Å². The third-order valence-corrected chi connectivity index (χ3v) is 6.32. The van der Waals surface area contributed by atoms with Gasteiger partial charge in [0.1, 0.15) is 5.75 Å². The number of amides is 2. The molecule has 0 spiro atoms. The Kier molecular flexibility index (Phi) is 8.11. The van der Waals surface area contributed by atoms with Crippen molar-refractivity contribution < 1.29 is 14.3 Å². The molecule has 0 bridgehead atoms. The van der Waals surface area contributed by atoms with Crippen LogP contribution in [0.25, 0.3) is 6.08 Å². The number of hydrogen-bond acceptors (Lipinski definition) is 5.